The van der Waals surface area contributed by atoms with E-state index in [0.29, 0.717) is 22.6 Å². The quantitative estimate of drug-likeness (QED) is 0.393. The summed E-state index contributed by atoms with van der Waals surface area (Å²) in [7, 11) is 0. The molecule has 7 heteroatoms. The van der Waals surface area contributed by atoms with Gasteiger partial charge in [0.15, 0.2) is 11.6 Å². The highest BCUT2D eigenvalue weighted by molar-refractivity contribution is 5.85. The number of imidazole rings is 1. The fraction of sp³-hybridized carbons (Fsp3) is 0.517. The highest BCUT2D eigenvalue weighted by Gasteiger charge is 2.35. The number of nitrogens with zero attached hydrogens (tertiary/aromatic N) is 2. The average molecular weight is 496 g/mol. The largest absolute Gasteiger partial charge is 0.486 e. The summed E-state index contributed by atoms with van der Waals surface area (Å²) in [5, 5.41) is 3.31. The van der Waals surface area contributed by atoms with Gasteiger partial charge in [-0.05, 0) is 56.2 Å². The molecule has 0 radical (unpaired) electrons. The molecule has 1 atom stereocenters. The number of hydrogen-bond acceptors (Lipinski definition) is 3. The van der Waals surface area contributed by atoms with Crippen LogP contribution in [0, 0.1) is 24.5 Å². The van der Waals surface area contributed by atoms with Gasteiger partial charge in [0, 0.05) is 18.2 Å². The van der Waals surface area contributed by atoms with E-state index in [1.54, 1.807) is 0 Å². The highest BCUT2D eigenvalue weighted by Crippen LogP contribution is 2.37. The van der Waals surface area contributed by atoms with Gasteiger partial charge in [-0.2, -0.15) is 0 Å². The van der Waals surface area contributed by atoms with E-state index < -0.39 is 17.7 Å². The Hall–Kier alpha value is -2.96. The van der Waals surface area contributed by atoms with Crippen LogP contribution in [-0.2, 0) is 11.4 Å². The van der Waals surface area contributed by atoms with Crippen molar-refractivity contribution in [2.75, 3.05) is 0 Å². The number of carbonyl (C=O) groups is 1. The number of amides is 1. The maximum absolute atomic E-state index is 14.5. The number of carbonyl (C=O) groups excluding carboxylic acids is 1. The van der Waals surface area contributed by atoms with Gasteiger partial charge in [0.25, 0.3) is 0 Å². The third kappa shape index (κ3) is 5.40. The van der Waals surface area contributed by atoms with Gasteiger partial charge in [0.05, 0.1) is 11.0 Å². The molecule has 5 nitrogen and oxygen atoms in total. The molecule has 2 fully saturated rings. The van der Waals surface area contributed by atoms with Crippen LogP contribution < -0.4 is 10.1 Å². The van der Waals surface area contributed by atoms with E-state index in [1.165, 1.54) is 12.5 Å². The molecule has 0 aliphatic heterocycles. The summed E-state index contributed by atoms with van der Waals surface area (Å²) >= 11 is 0. The summed E-state index contributed by atoms with van der Waals surface area (Å²) in [6.45, 7) is 2.09. The molecule has 192 valence electrons. The number of aromatic nitrogens is 2. The minimum atomic E-state index is -0.945. The third-order valence-corrected chi connectivity index (χ3v) is 7.76. The van der Waals surface area contributed by atoms with Gasteiger partial charge in [-0.15, -0.1) is 0 Å². The number of aryl methyl sites for hydroxylation is 1. The fourth-order valence-electron chi connectivity index (χ4n) is 5.93. The van der Waals surface area contributed by atoms with E-state index in [4.69, 9.17) is 4.74 Å². The Morgan fingerprint density at radius 2 is 1.72 bits per heavy atom. The zero-order valence-electron chi connectivity index (χ0n) is 20.9. The molecule has 2 aliphatic carbocycles. The van der Waals surface area contributed by atoms with Crippen LogP contribution in [-0.4, -0.2) is 21.5 Å². The third-order valence-electron chi connectivity index (χ3n) is 7.76. The molecule has 1 N–H and O–H groups in total. The lowest BCUT2D eigenvalue weighted by Gasteiger charge is -2.33. The van der Waals surface area contributed by atoms with Crippen LogP contribution in [0.3, 0.4) is 0 Å². The van der Waals surface area contributed by atoms with Crippen molar-refractivity contribution in [3.63, 3.8) is 0 Å². The predicted molar refractivity (Wildman–Crippen MR) is 136 cm³/mol. The standard InChI is InChI=1S/C29H35F2N3O2/c1-19-9-8-14-22(15-19)36-18-27-33-25-16-23(30)24(31)17-26(25)34(27)28(20-10-4-2-5-11-20)29(35)32-21-12-6-3-7-13-21/h8-9,14-17,20-21,28H,2-7,10-13,18H2,1H3,(H,32,35). The van der Waals surface area contributed by atoms with Gasteiger partial charge < -0.3 is 14.6 Å². The topological polar surface area (TPSA) is 56.2 Å². The minimum absolute atomic E-state index is 0.0466. The van der Waals surface area contributed by atoms with Crippen LogP contribution in [0.2, 0.25) is 0 Å². The highest BCUT2D eigenvalue weighted by atomic mass is 19.2. The Kier molecular flexibility index (Phi) is 7.54. The van der Waals surface area contributed by atoms with Crippen LogP contribution in [0.1, 0.15) is 81.6 Å². The summed E-state index contributed by atoms with van der Waals surface area (Å²) in [5.41, 5.74) is 1.84. The first-order chi connectivity index (χ1) is 17.5. The lowest BCUT2D eigenvalue weighted by Crippen LogP contribution is -2.44. The maximum atomic E-state index is 14.5. The van der Waals surface area contributed by atoms with Crippen molar-refractivity contribution >= 4 is 16.9 Å². The van der Waals surface area contributed by atoms with Crippen molar-refractivity contribution in [1.29, 1.82) is 0 Å². The number of halogens is 2. The van der Waals surface area contributed by atoms with Crippen molar-refractivity contribution in [1.82, 2.24) is 14.9 Å². The first-order valence-corrected chi connectivity index (χ1v) is 13.4. The van der Waals surface area contributed by atoms with Crippen LogP contribution in [0.4, 0.5) is 8.78 Å². The molecule has 1 aromatic heterocycles. The second kappa shape index (κ2) is 11.0. The van der Waals surface area contributed by atoms with Crippen molar-refractivity contribution < 1.29 is 18.3 Å². The molecule has 36 heavy (non-hydrogen) atoms. The van der Waals surface area contributed by atoms with Crippen molar-refractivity contribution in [2.45, 2.75) is 89.8 Å². The van der Waals surface area contributed by atoms with Gasteiger partial charge in [0.1, 0.15) is 24.2 Å². The summed E-state index contributed by atoms with van der Waals surface area (Å²) in [4.78, 5) is 18.6. The molecule has 2 saturated carbocycles. The Morgan fingerprint density at radius 1 is 1.03 bits per heavy atom. The fourth-order valence-corrected chi connectivity index (χ4v) is 5.93. The summed E-state index contributed by atoms with van der Waals surface area (Å²) < 4.78 is 36.5. The molecule has 1 unspecified atom stereocenters. The van der Waals surface area contributed by atoms with Gasteiger partial charge in [0.2, 0.25) is 5.91 Å². The normalized spacial score (nSPS) is 18.3. The number of hydrogen-bond donors (Lipinski definition) is 1. The van der Waals surface area contributed by atoms with Gasteiger partial charge in [-0.1, -0.05) is 50.7 Å². The number of rotatable bonds is 7. The number of nitrogens with one attached hydrogen (secondary N) is 1. The smallest absolute Gasteiger partial charge is 0.243 e. The maximum Gasteiger partial charge on any atom is 0.243 e. The number of ether oxygens (including phenoxy) is 1. The molecule has 0 saturated heterocycles. The molecular weight excluding hydrogens is 460 g/mol. The molecule has 1 amide bonds. The molecule has 5 rings (SSSR count). The van der Waals surface area contributed by atoms with Crippen LogP contribution >= 0.6 is 0 Å². The van der Waals surface area contributed by atoms with Gasteiger partial charge >= 0.3 is 0 Å². The van der Waals surface area contributed by atoms with Crippen LogP contribution in [0.15, 0.2) is 36.4 Å². The second-order valence-electron chi connectivity index (χ2n) is 10.4. The lowest BCUT2D eigenvalue weighted by atomic mass is 9.83. The average Bonchev–Trinajstić information content (AvgIpc) is 3.21. The Labute approximate surface area is 211 Å². The zero-order valence-corrected chi connectivity index (χ0v) is 20.9. The van der Waals surface area contributed by atoms with Gasteiger partial charge in [-0.3, -0.25) is 4.79 Å². The summed E-state index contributed by atoms with van der Waals surface area (Å²) in [6.07, 6.45) is 10.5. The lowest BCUT2D eigenvalue weighted by molar-refractivity contribution is -0.127. The summed E-state index contributed by atoms with van der Waals surface area (Å²) in [5.74, 6) is -0.637. The van der Waals surface area contributed by atoms with E-state index in [9.17, 15) is 13.6 Å². The molecule has 0 bridgehead atoms. The van der Waals surface area contributed by atoms with Crippen molar-refractivity contribution in [3.8, 4) is 5.75 Å². The second-order valence-corrected chi connectivity index (χ2v) is 10.4. The first kappa shape index (κ1) is 24.7. The van der Waals surface area contributed by atoms with E-state index in [-0.39, 0.29) is 24.5 Å². The van der Waals surface area contributed by atoms with E-state index >= 15 is 0 Å². The minimum Gasteiger partial charge on any atom is -0.486 e. The monoisotopic (exact) mass is 495 g/mol. The van der Waals surface area contributed by atoms with E-state index in [0.717, 1.165) is 69.4 Å². The van der Waals surface area contributed by atoms with Crippen LogP contribution in [0.25, 0.3) is 11.0 Å². The number of fused-ring (bicyclic) bond motifs is 1. The first-order valence-electron chi connectivity index (χ1n) is 13.4. The molecule has 3 aromatic rings. The Balaban J connectivity index is 1.55. The van der Waals surface area contributed by atoms with E-state index in [2.05, 4.69) is 10.3 Å². The SMILES string of the molecule is Cc1cccc(OCc2nc3cc(F)c(F)cc3n2C(C(=O)NC2CCCCC2)C2CCCCC2)c1. The molecule has 2 aliphatic rings. The van der Waals surface area contributed by atoms with Gasteiger partial charge in [-0.25, -0.2) is 13.8 Å². The van der Waals surface area contributed by atoms with Crippen LogP contribution in [0.5, 0.6) is 5.75 Å². The Bertz CT molecular complexity index is 1210. The van der Waals surface area contributed by atoms with E-state index in [1.807, 2.05) is 35.8 Å². The predicted octanol–water partition coefficient (Wildman–Crippen LogP) is 6.77. The zero-order chi connectivity index (χ0) is 25.1. The molecule has 2 aromatic carbocycles. The Morgan fingerprint density at radius 3 is 2.44 bits per heavy atom. The van der Waals surface area contributed by atoms with Crippen molar-refractivity contribution in [3.05, 3.63) is 59.4 Å². The van der Waals surface area contributed by atoms with Crippen molar-refractivity contribution in [2.24, 2.45) is 5.92 Å². The summed E-state index contributed by atoms with van der Waals surface area (Å²) in [6, 6.07) is 9.62. The molecular formula is C29H35F2N3O2. The molecule has 1 heterocycles. The number of benzene rings is 2. The molecule has 0 spiro atoms.